The van der Waals surface area contributed by atoms with E-state index in [0.717, 1.165) is 0 Å². The summed E-state index contributed by atoms with van der Waals surface area (Å²) in [5.74, 6) is 0. The van der Waals surface area contributed by atoms with E-state index in [1.54, 1.807) is 0 Å². The van der Waals surface area contributed by atoms with E-state index in [9.17, 15) is 201 Å². The van der Waals surface area contributed by atoms with Crippen molar-refractivity contribution in [2.45, 2.75) is 0 Å². The van der Waals surface area contributed by atoms with Gasteiger partial charge in [-0.15, -0.1) is 0 Å². The van der Waals surface area contributed by atoms with Crippen LogP contribution in [-0.4, -0.2) is 92.2 Å². The summed E-state index contributed by atoms with van der Waals surface area (Å²) in [5.41, 5.74) is 0. The van der Waals surface area contributed by atoms with Gasteiger partial charge < -0.3 is 231 Å². The van der Waals surface area contributed by atoms with E-state index in [0.29, 0.717) is 0 Å². The molecule has 0 aromatic carbocycles. The van der Waals surface area contributed by atoms with Gasteiger partial charge in [0.05, 0.1) is 110 Å². The van der Waals surface area contributed by atoms with Gasteiger partial charge in [-0.25, -0.2) is 0 Å². The molecule has 0 spiro atoms. The fourth-order valence-electron chi connectivity index (χ4n) is 0.857. The number of rotatable bonds is 14. The average molecular weight is 1760 g/mol. The maximum Gasteiger partial charge on any atom is 3.00 e. The topological polar surface area (TPSA) is 949 Å². The zero-order valence-electron chi connectivity index (χ0n) is 32.0. The molecule has 0 atom stereocenters. The van der Waals surface area contributed by atoms with Crippen molar-refractivity contribution < 1.29 is 368 Å². The van der Waals surface area contributed by atoms with Crippen molar-refractivity contribution in [2.24, 2.45) is 0 Å². The van der Waals surface area contributed by atoms with Crippen LogP contribution in [0.4, 0.5) is 0 Å². The van der Waals surface area contributed by atoms with Crippen molar-refractivity contribution in [3.63, 3.8) is 0 Å². The van der Waals surface area contributed by atoms with Gasteiger partial charge in [-0.05, 0) is 0 Å². The largest absolute Gasteiger partial charge is 3.00 e. The molecule has 0 aliphatic heterocycles. The second-order valence-electron chi connectivity index (χ2n) is 6.83. The summed E-state index contributed by atoms with van der Waals surface area (Å²) in [5, 5.41) is 0. The summed E-state index contributed by atoms with van der Waals surface area (Å²) in [6.07, 6.45) is 0. The van der Waals surface area contributed by atoms with Crippen LogP contribution in [-0.2, 0) is 231 Å². The third kappa shape index (κ3) is 209. The molecule has 0 aliphatic carbocycles. The molecule has 0 amide bonds. The van der Waals surface area contributed by atoms with Crippen LogP contribution in [0.15, 0.2) is 0 Å². The van der Waals surface area contributed by atoms with E-state index >= 15 is 0 Å². The van der Waals surface area contributed by atoms with Crippen LogP contribution < -0.4 is 137 Å². The van der Waals surface area contributed by atoms with Crippen LogP contribution in [0.5, 0.6) is 0 Å². The molecule has 0 saturated carbocycles. The maximum atomic E-state index is 9.32. The number of hydrogen-bond acceptors (Lipinski definition) is 49. The van der Waals surface area contributed by atoms with Gasteiger partial charge in [-0.3, -0.25) is 0 Å². The summed E-state index contributed by atoms with van der Waals surface area (Å²) in [6, 6.07) is 0. The Morgan fingerprint density at radius 1 is 0.147 bits per heavy atom. The normalized spacial score (nSPS) is 11.6. The molecule has 0 aromatic rings. The minimum Gasteiger partial charge on any atom is -0.790 e. The van der Waals surface area contributed by atoms with Crippen LogP contribution in [0.3, 0.4) is 0 Å². The zero-order chi connectivity index (χ0) is 53.9. The van der Waals surface area contributed by atoms with Crippen molar-refractivity contribution in [2.75, 3.05) is 0 Å². The molecule has 0 heterocycles. The first kappa shape index (κ1) is 137. The summed E-state index contributed by atoms with van der Waals surface area (Å²) in [7, 11) is -79.5. The van der Waals surface area contributed by atoms with Gasteiger partial charge in [0.15, 0.2) is 0 Å². The third-order valence-electron chi connectivity index (χ3n) is 1.40. The molecule has 49 nitrogen and oxygen atoms in total. The fourth-order valence-corrected chi connectivity index (χ4v) is 7.72. The Bertz CT molecular complexity index is 1510. The number of phosphoric acid groups is 14. The number of hydrogen-bond donors (Lipinski definition) is 0. The van der Waals surface area contributed by atoms with Crippen LogP contribution in [0.1, 0.15) is 0 Å². The molecule has 0 aromatic heterocycles. The van der Waals surface area contributed by atoms with Gasteiger partial charge in [0, 0.05) is 0 Å². The molecule has 0 saturated heterocycles. The summed E-state index contributed by atoms with van der Waals surface area (Å²) >= 11 is 0. The molecule has 0 fully saturated rings. The Kier molecular flexibility index (Phi) is 102. The molecule has 0 unspecified atom stereocenters. The van der Waals surface area contributed by atoms with Crippen LogP contribution >= 0.6 is 110 Å². The predicted molar refractivity (Wildman–Crippen MR) is 137 cm³/mol. The van der Waals surface area contributed by atoms with E-state index in [2.05, 4.69) is 30.2 Å². The van der Waals surface area contributed by atoms with Crippen molar-refractivity contribution in [1.29, 1.82) is 0 Å². The predicted octanol–water partition coefficient (Wildman–Crippen LogP) is -24.9. The zero-order valence-corrected chi connectivity index (χ0v) is 59.3. The standard InChI is InChI=1S/4Fe.4Mg.4Mn.7H4O7P2/c;;;;;;;;;;;;7*1-8(2,3)7-9(4,5)6/h;;;;;;;;;;;;7*(H2,1,2,3)(H2,4,5,6)/q4*+3;8*+2;;;;;;;/p-28. The summed E-state index contributed by atoms with van der Waals surface area (Å²) in [4.78, 5) is 261. The van der Waals surface area contributed by atoms with Gasteiger partial charge in [0.25, 0.3) is 0 Å². The molecule has 0 aliphatic rings. The van der Waals surface area contributed by atoms with Crippen LogP contribution in [0.2, 0.25) is 0 Å². The van der Waals surface area contributed by atoms with Crippen molar-refractivity contribution in [3.8, 4) is 0 Å². The molecule has 8 radical (unpaired) electrons. The first-order chi connectivity index (χ1) is 25.9. The first-order valence-electron chi connectivity index (χ1n) is 10.2. The first-order valence-corrected chi connectivity index (χ1v) is 30.7. The van der Waals surface area contributed by atoms with Gasteiger partial charge in [0.1, 0.15) is 0 Å². The van der Waals surface area contributed by atoms with E-state index in [4.69, 9.17) is 0 Å². The second kappa shape index (κ2) is 55.8. The van der Waals surface area contributed by atoms with Crippen molar-refractivity contribution >= 4 is 202 Å². The van der Waals surface area contributed by atoms with Crippen LogP contribution in [0.25, 0.3) is 0 Å². The van der Waals surface area contributed by atoms with E-state index in [1.807, 2.05) is 0 Å². The van der Waals surface area contributed by atoms with Gasteiger partial charge in [-0.1, -0.05) is 0 Å². The third-order valence-corrected chi connectivity index (χ3v) is 12.6. The molecule has 75 heavy (non-hydrogen) atoms. The van der Waals surface area contributed by atoms with Gasteiger partial charge in [0.2, 0.25) is 0 Å². The van der Waals surface area contributed by atoms with Crippen molar-refractivity contribution in [1.82, 2.24) is 0 Å². The molecular weight excluding hydrogens is 1760 g/mol. The molecular formula is Fe4Mg4Mn4O49P14. The van der Waals surface area contributed by atoms with Crippen molar-refractivity contribution in [3.05, 3.63) is 0 Å². The molecule has 75 heteroatoms. The molecule has 0 N–H and O–H groups in total. The minimum atomic E-state index is -5.68. The van der Waals surface area contributed by atoms with E-state index < -0.39 is 110 Å². The quantitative estimate of drug-likeness (QED) is 0.115. The molecule has 0 rings (SSSR count). The Hall–Kier alpha value is 9.04. The van der Waals surface area contributed by atoms with E-state index in [1.165, 1.54) is 0 Å². The minimum absolute atomic E-state index is 0. The molecule has 432 valence electrons. The Morgan fingerprint density at radius 3 is 0.173 bits per heavy atom. The average Bonchev–Trinajstić information content (AvgIpc) is 2.62. The second-order valence-corrected chi connectivity index (χ2v) is 23.9. The Morgan fingerprint density at radius 2 is 0.173 bits per heavy atom. The summed E-state index contributed by atoms with van der Waals surface area (Å²) < 4.78 is 148. The van der Waals surface area contributed by atoms with Crippen LogP contribution in [0, 0.1) is 0 Å². The van der Waals surface area contributed by atoms with Gasteiger partial charge >= 0.3 is 229 Å². The Labute approximate surface area is 562 Å². The van der Waals surface area contributed by atoms with E-state index in [-0.39, 0.29) is 229 Å². The fraction of sp³-hybridized carbons (Fsp3) is 0. The van der Waals surface area contributed by atoms with Gasteiger partial charge in [-0.2, -0.15) is 0 Å². The monoisotopic (exact) mass is 1760 g/mol. The SMILES string of the molecule is O=P([O-])([O-])OP(=O)([O-])[O-].O=P([O-])([O-])OP(=O)([O-])[O-].O=P([O-])([O-])OP(=O)([O-])[O-].O=P([O-])([O-])OP(=O)([O-])[O-].O=P([O-])([O-])OP(=O)([O-])[O-].O=P([O-])([O-])OP(=O)([O-])[O-].O=P([O-])([O-])OP(=O)([O-])[O-].[Fe+3].[Fe+3].[Fe+3].[Fe+3].[Mg+2].[Mg+2].[Mg+2].[Mg+2].[Mn+2].[Mn+2].[Mn+2].[Mn+2]. The molecule has 0 bridgehead atoms. The smallest absolute Gasteiger partial charge is 0.790 e. The summed E-state index contributed by atoms with van der Waals surface area (Å²) in [6.45, 7) is 0. The maximum absolute atomic E-state index is 9.32. The Balaban J connectivity index is -0.0000000280.